The second-order valence-electron chi connectivity index (χ2n) is 5.10. The molecule has 23 heavy (non-hydrogen) atoms. The molecule has 1 aliphatic heterocycles. The van der Waals surface area contributed by atoms with E-state index in [9.17, 15) is 23.2 Å². The minimum Gasteiger partial charge on any atom is -0.326 e. The summed E-state index contributed by atoms with van der Waals surface area (Å²) in [5, 5.41) is 4.46. The van der Waals surface area contributed by atoms with Gasteiger partial charge in [0, 0.05) is 18.5 Å². The van der Waals surface area contributed by atoms with Crippen LogP contribution in [0.25, 0.3) is 10.2 Å². The summed E-state index contributed by atoms with van der Waals surface area (Å²) in [6.45, 7) is 0. The van der Waals surface area contributed by atoms with Crippen LogP contribution >= 0.6 is 11.3 Å². The minimum atomic E-state index is -2.64. The largest absolute Gasteiger partial charge is 0.326 e. The molecular formula is C14H11F2N3O3S. The number of anilines is 1. The van der Waals surface area contributed by atoms with Crippen molar-refractivity contribution in [2.24, 2.45) is 5.92 Å². The van der Waals surface area contributed by atoms with E-state index in [0.717, 1.165) is 11.3 Å². The summed E-state index contributed by atoms with van der Waals surface area (Å²) in [7, 11) is 0. The van der Waals surface area contributed by atoms with Crippen LogP contribution < -0.4 is 10.6 Å². The molecule has 0 bridgehead atoms. The van der Waals surface area contributed by atoms with Crippen molar-refractivity contribution in [1.82, 2.24) is 10.3 Å². The van der Waals surface area contributed by atoms with Gasteiger partial charge in [-0.2, -0.15) is 0 Å². The topological polar surface area (TPSA) is 88.2 Å². The molecule has 1 aromatic carbocycles. The van der Waals surface area contributed by atoms with Gasteiger partial charge in [-0.25, -0.2) is 13.8 Å². The number of hydrogen-bond acceptors (Lipinski definition) is 5. The smallest absolute Gasteiger partial charge is 0.289 e. The van der Waals surface area contributed by atoms with Gasteiger partial charge < -0.3 is 5.32 Å². The van der Waals surface area contributed by atoms with Crippen molar-refractivity contribution in [3.05, 3.63) is 23.2 Å². The molecule has 120 valence electrons. The zero-order valence-corrected chi connectivity index (χ0v) is 12.5. The third-order valence-corrected chi connectivity index (χ3v) is 4.40. The summed E-state index contributed by atoms with van der Waals surface area (Å²) in [4.78, 5) is 38.2. The van der Waals surface area contributed by atoms with Crippen molar-refractivity contribution in [1.29, 1.82) is 0 Å². The fraction of sp³-hybridized carbons (Fsp3) is 0.286. The van der Waals surface area contributed by atoms with Gasteiger partial charge in [-0.05, 0) is 18.2 Å². The van der Waals surface area contributed by atoms with E-state index in [-0.39, 0.29) is 17.8 Å². The molecule has 2 aromatic rings. The first-order chi connectivity index (χ1) is 10.9. The van der Waals surface area contributed by atoms with Crippen LogP contribution in [0.5, 0.6) is 0 Å². The molecule has 6 nitrogen and oxygen atoms in total. The number of nitrogens with one attached hydrogen (secondary N) is 2. The molecule has 0 aliphatic carbocycles. The van der Waals surface area contributed by atoms with Crippen molar-refractivity contribution >= 4 is 45.0 Å². The Morgan fingerprint density at radius 3 is 2.87 bits per heavy atom. The first kappa shape index (κ1) is 15.5. The first-order valence-corrected chi connectivity index (χ1v) is 7.56. The van der Waals surface area contributed by atoms with Gasteiger partial charge in [0.15, 0.2) is 5.01 Å². The molecule has 0 spiro atoms. The lowest BCUT2D eigenvalue weighted by atomic mass is 10.0. The van der Waals surface area contributed by atoms with Crippen molar-refractivity contribution in [2.45, 2.75) is 19.3 Å². The summed E-state index contributed by atoms with van der Waals surface area (Å²) in [6.07, 6.45) is -2.75. The lowest BCUT2D eigenvalue weighted by molar-refractivity contribution is -0.127. The van der Waals surface area contributed by atoms with Gasteiger partial charge in [0.1, 0.15) is 0 Å². The van der Waals surface area contributed by atoms with Gasteiger partial charge in [-0.1, -0.05) is 0 Å². The SMILES string of the molecule is O=C1CC(CC(=O)Nc2ccc3nc(C(F)F)sc3c2)C(=O)N1. The predicted octanol–water partition coefficient (Wildman–Crippen LogP) is 2.23. The molecule has 1 atom stereocenters. The number of nitrogens with zero attached hydrogens (tertiary/aromatic N) is 1. The maximum atomic E-state index is 12.6. The number of alkyl halides is 2. The number of fused-ring (bicyclic) bond motifs is 1. The van der Waals surface area contributed by atoms with Crippen molar-refractivity contribution in [3.63, 3.8) is 0 Å². The number of carbonyl (C=O) groups is 3. The van der Waals surface area contributed by atoms with Crippen molar-refractivity contribution in [3.8, 4) is 0 Å². The minimum absolute atomic E-state index is 0.00210. The molecule has 1 aromatic heterocycles. The zero-order valence-electron chi connectivity index (χ0n) is 11.6. The molecule has 0 saturated carbocycles. The summed E-state index contributed by atoms with van der Waals surface area (Å²) in [6, 6.07) is 4.64. The molecule has 3 rings (SSSR count). The van der Waals surface area contributed by atoms with Crippen LogP contribution in [-0.4, -0.2) is 22.7 Å². The summed E-state index contributed by atoms with van der Waals surface area (Å²) in [5.41, 5.74) is 0.862. The van der Waals surface area contributed by atoms with Gasteiger partial charge in [0.25, 0.3) is 6.43 Å². The number of benzene rings is 1. The van der Waals surface area contributed by atoms with Crippen LogP contribution in [0.1, 0.15) is 24.3 Å². The number of rotatable bonds is 4. The number of halogens is 2. The molecule has 3 amide bonds. The van der Waals surface area contributed by atoms with Crippen LogP contribution in [-0.2, 0) is 14.4 Å². The maximum absolute atomic E-state index is 12.6. The first-order valence-electron chi connectivity index (χ1n) is 6.74. The van der Waals surface area contributed by atoms with Crippen LogP contribution in [0.3, 0.4) is 0 Å². The highest BCUT2D eigenvalue weighted by atomic mass is 32.1. The second-order valence-corrected chi connectivity index (χ2v) is 6.16. The van der Waals surface area contributed by atoms with E-state index in [1.807, 2.05) is 0 Å². The Hall–Kier alpha value is -2.42. The van der Waals surface area contributed by atoms with Crippen LogP contribution in [0.4, 0.5) is 14.5 Å². The quantitative estimate of drug-likeness (QED) is 0.836. The number of thiazole rings is 1. The van der Waals surface area contributed by atoms with E-state index in [1.54, 1.807) is 18.2 Å². The van der Waals surface area contributed by atoms with Gasteiger partial charge in [0.05, 0.1) is 16.1 Å². The highest BCUT2D eigenvalue weighted by Gasteiger charge is 2.32. The van der Waals surface area contributed by atoms with E-state index in [1.165, 1.54) is 0 Å². The number of imide groups is 1. The van der Waals surface area contributed by atoms with E-state index in [2.05, 4.69) is 15.6 Å². The standard InChI is InChI=1S/C14H11F2N3O3S/c15-12(16)14-18-8-2-1-7(5-9(8)23-14)17-10(20)3-6-4-11(21)19-13(6)22/h1-2,5-6,12H,3-4H2,(H,17,20)(H,19,21,22). The number of amides is 3. The van der Waals surface area contributed by atoms with E-state index < -0.39 is 30.1 Å². The number of aromatic nitrogens is 1. The molecule has 1 unspecified atom stereocenters. The Kier molecular flexibility index (Phi) is 4.03. The fourth-order valence-corrected chi connectivity index (χ4v) is 3.18. The highest BCUT2D eigenvalue weighted by molar-refractivity contribution is 7.18. The van der Waals surface area contributed by atoms with Gasteiger partial charge in [-0.3, -0.25) is 19.7 Å². The molecular weight excluding hydrogens is 328 g/mol. The normalized spacial score (nSPS) is 17.8. The Bertz CT molecular complexity index is 806. The molecule has 2 N–H and O–H groups in total. The van der Waals surface area contributed by atoms with Crippen LogP contribution in [0, 0.1) is 5.92 Å². The molecule has 1 aliphatic rings. The highest BCUT2D eigenvalue weighted by Crippen LogP contribution is 2.31. The van der Waals surface area contributed by atoms with Gasteiger partial charge >= 0.3 is 0 Å². The third kappa shape index (κ3) is 3.34. The molecule has 0 radical (unpaired) electrons. The number of carbonyl (C=O) groups excluding carboxylic acids is 3. The van der Waals surface area contributed by atoms with Crippen molar-refractivity contribution < 1.29 is 23.2 Å². The van der Waals surface area contributed by atoms with E-state index >= 15 is 0 Å². The fourth-order valence-electron chi connectivity index (χ4n) is 2.32. The average molecular weight is 339 g/mol. The predicted molar refractivity (Wildman–Crippen MR) is 79.1 cm³/mol. The lowest BCUT2D eigenvalue weighted by Crippen LogP contribution is -2.24. The van der Waals surface area contributed by atoms with E-state index in [0.29, 0.717) is 15.9 Å². The molecule has 2 heterocycles. The Balaban J connectivity index is 1.69. The van der Waals surface area contributed by atoms with Crippen LogP contribution in [0.15, 0.2) is 18.2 Å². The lowest BCUT2D eigenvalue weighted by Gasteiger charge is -2.07. The molecule has 9 heteroatoms. The molecule has 1 fully saturated rings. The Morgan fingerprint density at radius 1 is 1.43 bits per heavy atom. The average Bonchev–Trinajstić information content (AvgIpc) is 3.02. The van der Waals surface area contributed by atoms with Gasteiger partial charge in [-0.15, -0.1) is 11.3 Å². The summed E-state index contributed by atoms with van der Waals surface area (Å²) < 4.78 is 25.8. The number of hydrogen-bond donors (Lipinski definition) is 2. The Morgan fingerprint density at radius 2 is 2.22 bits per heavy atom. The Labute approximate surface area is 132 Å². The third-order valence-electron chi connectivity index (χ3n) is 3.37. The van der Waals surface area contributed by atoms with Gasteiger partial charge in [0.2, 0.25) is 17.7 Å². The monoisotopic (exact) mass is 339 g/mol. The second kappa shape index (κ2) is 5.99. The van der Waals surface area contributed by atoms with Crippen molar-refractivity contribution in [2.75, 3.05) is 5.32 Å². The maximum Gasteiger partial charge on any atom is 0.289 e. The van der Waals surface area contributed by atoms with Crippen LogP contribution in [0.2, 0.25) is 0 Å². The van der Waals surface area contributed by atoms with E-state index in [4.69, 9.17) is 0 Å². The summed E-state index contributed by atoms with van der Waals surface area (Å²) in [5.74, 6) is -1.93. The zero-order chi connectivity index (χ0) is 16.6. The summed E-state index contributed by atoms with van der Waals surface area (Å²) >= 11 is 0.859. The molecule has 1 saturated heterocycles.